The number of carbonyl (C=O) groups is 2. The van der Waals surface area contributed by atoms with Gasteiger partial charge in [0.05, 0.1) is 17.2 Å². The van der Waals surface area contributed by atoms with Gasteiger partial charge in [-0.25, -0.2) is 9.18 Å². The van der Waals surface area contributed by atoms with Crippen LogP contribution < -0.4 is 5.32 Å². The summed E-state index contributed by atoms with van der Waals surface area (Å²) in [6, 6.07) is 2.22. The Morgan fingerprint density at radius 2 is 2.20 bits per heavy atom. The van der Waals surface area contributed by atoms with E-state index in [-0.39, 0.29) is 17.2 Å². The van der Waals surface area contributed by atoms with Crippen molar-refractivity contribution in [3.05, 3.63) is 29.1 Å². The predicted molar refractivity (Wildman–Crippen MR) is 50.4 cm³/mol. The zero-order valence-electron chi connectivity index (χ0n) is 7.87. The molecule has 1 unspecified atom stereocenters. The average Bonchev–Trinajstić information content (AvgIpc) is 2.45. The van der Waals surface area contributed by atoms with E-state index in [1.807, 2.05) is 0 Å². The summed E-state index contributed by atoms with van der Waals surface area (Å²) in [5.41, 5.74) is 0.351. The zero-order chi connectivity index (χ0) is 11.2. The molecule has 1 aliphatic rings. The number of aromatic carboxylic acids is 1. The summed E-state index contributed by atoms with van der Waals surface area (Å²) in [5, 5.41) is 11.1. The van der Waals surface area contributed by atoms with Gasteiger partial charge in [-0.3, -0.25) is 4.79 Å². The van der Waals surface area contributed by atoms with Crippen molar-refractivity contribution in [3.63, 3.8) is 0 Å². The molecule has 0 saturated carbocycles. The fourth-order valence-electron chi connectivity index (χ4n) is 1.60. The lowest BCUT2D eigenvalue weighted by atomic mass is 10.0. The van der Waals surface area contributed by atoms with Gasteiger partial charge < -0.3 is 10.4 Å². The van der Waals surface area contributed by atoms with Gasteiger partial charge in [0.15, 0.2) is 0 Å². The largest absolute Gasteiger partial charge is 0.478 e. The molecular formula is C10H8FNO3. The van der Waals surface area contributed by atoms with Crippen molar-refractivity contribution >= 4 is 17.6 Å². The summed E-state index contributed by atoms with van der Waals surface area (Å²) in [7, 11) is 0. The number of carbonyl (C=O) groups excluding carboxylic acids is 1. The quantitative estimate of drug-likeness (QED) is 0.737. The van der Waals surface area contributed by atoms with Crippen LogP contribution in [0.3, 0.4) is 0 Å². The lowest BCUT2D eigenvalue weighted by Gasteiger charge is -2.03. The number of hydrogen-bond acceptors (Lipinski definition) is 2. The number of anilines is 1. The van der Waals surface area contributed by atoms with Crippen molar-refractivity contribution in [2.75, 3.05) is 5.32 Å². The Labute approximate surface area is 84.7 Å². The Morgan fingerprint density at radius 3 is 2.80 bits per heavy atom. The number of rotatable bonds is 1. The molecule has 1 aromatic rings. The van der Waals surface area contributed by atoms with E-state index < -0.39 is 17.7 Å². The molecule has 4 nitrogen and oxygen atoms in total. The Hall–Kier alpha value is -1.91. The van der Waals surface area contributed by atoms with E-state index in [0.29, 0.717) is 5.56 Å². The third kappa shape index (κ3) is 1.36. The highest BCUT2D eigenvalue weighted by Crippen LogP contribution is 2.35. The molecule has 2 rings (SSSR count). The van der Waals surface area contributed by atoms with Crippen molar-refractivity contribution in [1.29, 1.82) is 0 Å². The topological polar surface area (TPSA) is 66.4 Å². The summed E-state index contributed by atoms with van der Waals surface area (Å²) in [6.07, 6.45) is 0. The van der Waals surface area contributed by atoms with Crippen LogP contribution in [-0.4, -0.2) is 17.0 Å². The van der Waals surface area contributed by atoms with Gasteiger partial charge in [-0.1, -0.05) is 0 Å². The molecule has 1 amide bonds. The summed E-state index contributed by atoms with van der Waals surface area (Å²) in [6.45, 7) is 1.60. The molecule has 0 fully saturated rings. The van der Waals surface area contributed by atoms with Crippen LogP contribution >= 0.6 is 0 Å². The predicted octanol–water partition coefficient (Wildman–Crippen LogP) is 1.58. The van der Waals surface area contributed by atoms with Crippen LogP contribution in [0.2, 0.25) is 0 Å². The number of nitrogens with one attached hydrogen (secondary N) is 1. The average molecular weight is 209 g/mol. The maximum Gasteiger partial charge on any atom is 0.335 e. The molecule has 0 aromatic heterocycles. The Balaban J connectivity index is 2.62. The number of fused-ring (bicyclic) bond motifs is 1. The van der Waals surface area contributed by atoms with Crippen molar-refractivity contribution in [2.45, 2.75) is 12.8 Å². The second kappa shape index (κ2) is 3.05. The summed E-state index contributed by atoms with van der Waals surface area (Å²) in [4.78, 5) is 21.9. The molecule has 78 valence electrons. The molecule has 1 atom stereocenters. The Bertz CT molecular complexity index is 470. The van der Waals surface area contributed by atoms with Gasteiger partial charge in [-0.05, 0) is 24.6 Å². The van der Waals surface area contributed by atoms with Crippen LogP contribution in [0.5, 0.6) is 0 Å². The smallest absolute Gasteiger partial charge is 0.335 e. The standard InChI is InChI=1S/C10H8FNO3/c1-4-6-2-5(10(14)15)3-7(11)8(6)12-9(4)13/h2-4H,1H3,(H,12,13)(H,14,15). The summed E-state index contributed by atoms with van der Waals surface area (Å²) >= 11 is 0. The first kappa shape index (κ1) is 9.64. The number of benzene rings is 1. The molecule has 0 bridgehead atoms. The van der Waals surface area contributed by atoms with Crippen LogP contribution in [0.1, 0.15) is 28.8 Å². The minimum Gasteiger partial charge on any atom is -0.478 e. The van der Waals surface area contributed by atoms with Gasteiger partial charge in [-0.2, -0.15) is 0 Å². The fourth-order valence-corrected chi connectivity index (χ4v) is 1.60. The first-order chi connectivity index (χ1) is 7.00. The van der Waals surface area contributed by atoms with Gasteiger partial charge in [0.2, 0.25) is 5.91 Å². The SMILES string of the molecule is CC1C(=O)Nc2c(F)cc(C(=O)O)cc21. The zero-order valence-corrected chi connectivity index (χ0v) is 7.87. The van der Waals surface area contributed by atoms with E-state index >= 15 is 0 Å². The maximum atomic E-state index is 13.4. The van der Waals surface area contributed by atoms with Crippen LogP contribution in [0.25, 0.3) is 0 Å². The van der Waals surface area contributed by atoms with Gasteiger partial charge >= 0.3 is 5.97 Å². The van der Waals surface area contributed by atoms with Gasteiger partial charge in [0.25, 0.3) is 0 Å². The van der Waals surface area contributed by atoms with Crippen LogP contribution in [0, 0.1) is 5.82 Å². The first-order valence-electron chi connectivity index (χ1n) is 4.38. The van der Waals surface area contributed by atoms with E-state index in [1.165, 1.54) is 6.07 Å². The molecule has 0 saturated heterocycles. The van der Waals surface area contributed by atoms with Crippen LogP contribution in [-0.2, 0) is 4.79 Å². The normalized spacial score (nSPS) is 18.5. The minimum absolute atomic E-state index is 0.0949. The van der Waals surface area contributed by atoms with Crippen molar-refractivity contribution in [1.82, 2.24) is 0 Å². The monoisotopic (exact) mass is 209 g/mol. The van der Waals surface area contributed by atoms with Crippen LogP contribution in [0.4, 0.5) is 10.1 Å². The fraction of sp³-hybridized carbons (Fsp3) is 0.200. The van der Waals surface area contributed by atoms with E-state index in [2.05, 4.69) is 5.32 Å². The number of carboxylic acids is 1. The van der Waals surface area contributed by atoms with E-state index in [1.54, 1.807) is 6.92 Å². The third-order valence-corrected chi connectivity index (χ3v) is 2.48. The minimum atomic E-state index is -1.21. The molecule has 0 spiro atoms. The molecule has 1 aliphatic heterocycles. The Kier molecular flexibility index (Phi) is 1.96. The molecule has 5 heteroatoms. The second-order valence-electron chi connectivity index (χ2n) is 3.44. The number of hydrogen-bond donors (Lipinski definition) is 2. The molecule has 2 N–H and O–H groups in total. The molecule has 0 radical (unpaired) electrons. The van der Waals surface area contributed by atoms with Crippen molar-refractivity contribution in [2.24, 2.45) is 0 Å². The highest BCUT2D eigenvalue weighted by molar-refractivity contribution is 6.03. The molecule has 0 aliphatic carbocycles. The van der Waals surface area contributed by atoms with Gasteiger partial charge in [-0.15, -0.1) is 0 Å². The molecule has 15 heavy (non-hydrogen) atoms. The summed E-state index contributed by atoms with van der Waals surface area (Å²) < 4.78 is 13.4. The molecule has 1 heterocycles. The van der Waals surface area contributed by atoms with E-state index in [0.717, 1.165) is 6.07 Å². The van der Waals surface area contributed by atoms with Crippen molar-refractivity contribution in [3.8, 4) is 0 Å². The highest BCUT2D eigenvalue weighted by atomic mass is 19.1. The Morgan fingerprint density at radius 1 is 1.53 bits per heavy atom. The van der Waals surface area contributed by atoms with Crippen molar-refractivity contribution < 1.29 is 19.1 Å². The maximum absolute atomic E-state index is 13.4. The first-order valence-corrected chi connectivity index (χ1v) is 4.38. The molecular weight excluding hydrogens is 201 g/mol. The number of amides is 1. The van der Waals surface area contributed by atoms with Gasteiger partial charge in [0.1, 0.15) is 5.82 Å². The lowest BCUT2D eigenvalue weighted by Crippen LogP contribution is -2.08. The molecule has 1 aromatic carbocycles. The number of halogens is 1. The number of carboxylic acid groups (broad SMARTS) is 1. The second-order valence-corrected chi connectivity index (χ2v) is 3.44. The van der Waals surface area contributed by atoms with Gasteiger partial charge in [0, 0.05) is 0 Å². The lowest BCUT2D eigenvalue weighted by molar-refractivity contribution is -0.116. The highest BCUT2D eigenvalue weighted by Gasteiger charge is 2.30. The van der Waals surface area contributed by atoms with Crippen LogP contribution in [0.15, 0.2) is 12.1 Å². The van der Waals surface area contributed by atoms with E-state index in [4.69, 9.17) is 5.11 Å². The third-order valence-electron chi connectivity index (χ3n) is 2.48. The summed E-state index contributed by atoms with van der Waals surface area (Å²) in [5.74, 6) is -2.73. The van der Waals surface area contributed by atoms with E-state index in [9.17, 15) is 14.0 Å².